The molecule has 0 aromatic heterocycles. The first-order valence-corrected chi connectivity index (χ1v) is 6.81. The van der Waals surface area contributed by atoms with E-state index in [2.05, 4.69) is 5.48 Å². The maximum atomic E-state index is 11.9. The normalized spacial score (nSPS) is 12.5. The zero-order valence-electron chi connectivity index (χ0n) is 12.0. The Morgan fingerprint density at radius 3 is 2.77 bits per heavy atom. The topological polar surface area (TPSA) is 56.8 Å². The monoisotopic (exact) mass is 297 g/mol. The van der Waals surface area contributed by atoms with Gasteiger partial charge in [0.2, 0.25) is 0 Å². The lowest BCUT2D eigenvalue weighted by Crippen LogP contribution is -2.21. The van der Waals surface area contributed by atoms with Gasteiger partial charge >= 0.3 is 5.97 Å². The molecule has 0 saturated carbocycles. The summed E-state index contributed by atoms with van der Waals surface area (Å²) in [5.74, 6) is 0.949. The molecule has 0 spiro atoms. The highest BCUT2D eigenvalue weighted by Gasteiger charge is 2.16. The molecule has 0 radical (unpaired) electrons. The first-order chi connectivity index (χ1) is 10.8. The smallest absolute Gasteiger partial charge is 0.362 e. The van der Waals surface area contributed by atoms with Gasteiger partial charge in [-0.1, -0.05) is 18.2 Å². The molecule has 0 fully saturated rings. The van der Waals surface area contributed by atoms with Crippen LogP contribution in [-0.4, -0.2) is 19.7 Å². The molecule has 0 aliphatic carbocycles. The Bertz CT molecular complexity index is 710. The average molecular weight is 297 g/mol. The number of hydrogen-bond donors (Lipinski definition) is 1. The van der Waals surface area contributed by atoms with E-state index in [0.29, 0.717) is 29.4 Å². The second-order valence-corrected chi connectivity index (χ2v) is 4.65. The van der Waals surface area contributed by atoms with Crippen molar-refractivity contribution in [3.8, 4) is 11.5 Å². The molecule has 5 heteroatoms. The number of hydrogen-bond acceptors (Lipinski definition) is 5. The standard InChI is InChI=1S/C17H15NO4/c1-20-13-7-8-14-15(9-10-21-16(14)11-13)18-22-17(19)12-5-3-2-4-6-12/h2-9,11,18H,10H2,1H3. The second-order valence-electron chi connectivity index (χ2n) is 4.65. The number of benzene rings is 2. The van der Waals surface area contributed by atoms with Crippen LogP contribution in [0.1, 0.15) is 15.9 Å². The van der Waals surface area contributed by atoms with Gasteiger partial charge in [0.1, 0.15) is 18.1 Å². The van der Waals surface area contributed by atoms with E-state index in [1.54, 1.807) is 37.4 Å². The van der Waals surface area contributed by atoms with Crippen LogP contribution in [0.5, 0.6) is 11.5 Å². The van der Waals surface area contributed by atoms with Gasteiger partial charge in [-0.2, -0.15) is 0 Å². The van der Waals surface area contributed by atoms with Gasteiger partial charge in [0, 0.05) is 11.6 Å². The molecule has 1 N–H and O–H groups in total. The third-order valence-corrected chi connectivity index (χ3v) is 3.27. The molecular formula is C17H15NO4. The van der Waals surface area contributed by atoms with Gasteiger partial charge in [-0.05, 0) is 30.3 Å². The van der Waals surface area contributed by atoms with Gasteiger partial charge in [-0.3, -0.25) is 0 Å². The van der Waals surface area contributed by atoms with Crippen molar-refractivity contribution in [3.05, 3.63) is 65.7 Å². The lowest BCUT2D eigenvalue weighted by atomic mass is 10.1. The Morgan fingerprint density at radius 2 is 2.00 bits per heavy atom. The SMILES string of the molecule is COc1ccc2c(c1)OCC=C2NOC(=O)c1ccccc1. The Labute approximate surface area is 128 Å². The zero-order valence-corrected chi connectivity index (χ0v) is 12.0. The maximum Gasteiger partial charge on any atom is 0.362 e. The van der Waals surface area contributed by atoms with Crippen molar-refractivity contribution in [1.82, 2.24) is 5.48 Å². The molecule has 3 rings (SSSR count). The fourth-order valence-electron chi connectivity index (χ4n) is 2.13. The van der Waals surface area contributed by atoms with Crippen LogP contribution in [0.3, 0.4) is 0 Å². The lowest BCUT2D eigenvalue weighted by molar-refractivity contribution is 0.0366. The van der Waals surface area contributed by atoms with Gasteiger partial charge in [0.25, 0.3) is 0 Å². The van der Waals surface area contributed by atoms with Gasteiger partial charge in [-0.15, -0.1) is 0 Å². The lowest BCUT2D eigenvalue weighted by Gasteiger charge is -2.19. The van der Waals surface area contributed by atoms with Gasteiger partial charge < -0.3 is 14.3 Å². The Kier molecular flexibility index (Phi) is 3.96. The first kappa shape index (κ1) is 14.0. The summed E-state index contributed by atoms with van der Waals surface area (Å²) in [5, 5.41) is 0. The molecule has 0 bridgehead atoms. The van der Waals surface area contributed by atoms with Crippen LogP contribution in [0.25, 0.3) is 5.70 Å². The molecule has 0 saturated heterocycles. The highest BCUT2D eigenvalue weighted by atomic mass is 16.7. The highest BCUT2D eigenvalue weighted by Crippen LogP contribution is 2.31. The van der Waals surface area contributed by atoms with E-state index in [-0.39, 0.29) is 0 Å². The summed E-state index contributed by atoms with van der Waals surface area (Å²) < 4.78 is 10.7. The van der Waals surface area contributed by atoms with Crippen molar-refractivity contribution in [3.63, 3.8) is 0 Å². The number of carbonyl (C=O) groups is 1. The molecule has 112 valence electrons. The van der Waals surface area contributed by atoms with Crippen molar-refractivity contribution in [1.29, 1.82) is 0 Å². The number of ether oxygens (including phenoxy) is 2. The van der Waals surface area contributed by atoms with Gasteiger partial charge in [0.15, 0.2) is 0 Å². The van der Waals surface area contributed by atoms with Crippen LogP contribution >= 0.6 is 0 Å². The molecule has 1 heterocycles. The fourth-order valence-corrected chi connectivity index (χ4v) is 2.13. The minimum atomic E-state index is -0.442. The summed E-state index contributed by atoms with van der Waals surface area (Å²) in [6, 6.07) is 14.3. The first-order valence-electron chi connectivity index (χ1n) is 6.81. The third-order valence-electron chi connectivity index (χ3n) is 3.27. The molecule has 1 aliphatic heterocycles. The minimum absolute atomic E-state index is 0.394. The quantitative estimate of drug-likeness (QED) is 0.879. The average Bonchev–Trinajstić information content (AvgIpc) is 2.59. The van der Waals surface area contributed by atoms with Crippen molar-refractivity contribution in [2.24, 2.45) is 0 Å². The molecule has 2 aromatic rings. The van der Waals surface area contributed by atoms with E-state index in [1.807, 2.05) is 24.3 Å². The van der Waals surface area contributed by atoms with Crippen LogP contribution in [0.2, 0.25) is 0 Å². The molecule has 0 amide bonds. The number of hydroxylamine groups is 1. The summed E-state index contributed by atoms with van der Waals surface area (Å²) in [5.41, 5.74) is 4.69. The predicted octanol–water partition coefficient (Wildman–Crippen LogP) is 2.79. The molecular weight excluding hydrogens is 282 g/mol. The van der Waals surface area contributed by atoms with E-state index in [4.69, 9.17) is 14.3 Å². The second kappa shape index (κ2) is 6.22. The Morgan fingerprint density at radius 1 is 1.18 bits per heavy atom. The van der Waals surface area contributed by atoms with E-state index in [1.165, 1.54) is 0 Å². The molecule has 2 aromatic carbocycles. The van der Waals surface area contributed by atoms with Crippen molar-refractivity contribution >= 4 is 11.7 Å². The summed E-state index contributed by atoms with van der Waals surface area (Å²) in [4.78, 5) is 17.1. The van der Waals surface area contributed by atoms with Crippen LogP contribution in [0, 0.1) is 0 Å². The number of methoxy groups -OCH3 is 1. The molecule has 22 heavy (non-hydrogen) atoms. The van der Waals surface area contributed by atoms with Gasteiger partial charge in [0.05, 0.1) is 18.4 Å². The van der Waals surface area contributed by atoms with Crippen LogP contribution in [0.15, 0.2) is 54.6 Å². The minimum Gasteiger partial charge on any atom is -0.497 e. The van der Waals surface area contributed by atoms with E-state index < -0.39 is 5.97 Å². The third kappa shape index (κ3) is 2.88. The highest BCUT2D eigenvalue weighted by molar-refractivity contribution is 5.89. The summed E-state index contributed by atoms with van der Waals surface area (Å²) in [7, 11) is 1.60. The fraction of sp³-hybridized carbons (Fsp3) is 0.118. The van der Waals surface area contributed by atoms with Crippen LogP contribution in [0.4, 0.5) is 0 Å². The van der Waals surface area contributed by atoms with E-state index in [0.717, 1.165) is 5.56 Å². The summed E-state index contributed by atoms with van der Waals surface area (Å²) in [6.07, 6.45) is 1.81. The van der Waals surface area contributed by atoms with Crippen molar-refractivity contribution in [2.75, 3.05) is 13.7 Å². The summed E-state index contributed by atoms with van der Waals surface area (Å²) in [6.45, 7) is 0.394. The number of carbonyl (C=O) groups excluding carboxylic acids is 1. The zero-order chi connectivity index (χ0) is 15.4. The number of nitrogens with one attached hydrogen (secondary N) is 1. The van der Waals surface area contributed by atoms with E-state index >= 15 is 0 Å². The Hall–Kier alpha value is -2.95. The van der Waals surface area contributed by atoms with E-state index in [9.17, 15) is 4.79 Å². The molecule has 0 atom stereocenters. The predicted molar refractivity (Wildman–Crippen MR) is 81.5 cm³/mol. The van der Waals surface area contributed by atoms with Gasteiger partial charge in [-0.25, -0.2) is 10.3 Å². The summed E-state index contributed by atoms with van der Waals surface area (Å²) >= 11 is 0. The largest absolute Gasteiger partial charge is 0.497 e. The van der Waals surface area contributed by atoms with Crippen LogP contribution < -0.4 is 15.0 Å². The molecule has 1 aliphatic rings. The number of rotatable bonds is 4. The van der Waals surface area contributed by atoms with Crippen molar-refractivity contribution in [2.45, 2.75) is 0 Å². The molecule has 0 unspecified atom stereocenters. The van der Waals surface area contributed by atoms with Crippen LogP contribution in [-0.2, 0) is 4.84 Å². The Balaban J connectivity index is 1.72. The maximum absolute atomic E-state index is 11.9. The number of fused-ring (bicyclic) bond motifs is 1. The van der Waals surface area contributed by atoms with Crippen molar-refractivity contribution < 1.29 is 19.1 Å². The molecule has 5 nitrogen and oxygen atoms in total.